The van der Waals surface area contributed by atoms with Crippen LogP contribution in [0.3, 0.4) is 0 Å². The maximum atomic E-state index is 13.2. The number of aliphatic hydroxyl groups excluding tert-OH is 1. The van der Waals surface area contributed by atoms with Crippen LogP contribution in [0.15, 0.2) is 41.2 Å². The van der Waals surface area contributed by atoms with Crippen LogP contribution in [-0.4, -0.2) is 28.6 Å². The summed E-state index contributed by atoms with van der Waals surface area (Å²) in [7, 11) is 1.66. The van der Waals surface area contributed by atoms with E-state index >= 15 is 0 Å². The molecule has 0 spiro atoms. The van der Waals surface area contributed by atoms with Crippen molar-refractivity contribution in [2.75, 3.05) is 24.2 Å². The average molecular weight is 349 g/mol. The molecule has 4 rings (SSSR count). The van der Waals surface area contributed by atoms with Crippen molar-refractivity contribution in [1.29, 1.82) is 0 Å². The largest absolute Gasteiger partial charge is 0.396 e. The van der Waals surface area contributed by atoms with Crippen molar-refractivity contribution in [2.45, 2.75) is 6.42 Å². The first-order valence-corrected chi connectivity index (χ1v) is 8.50. The number of fused-ring (bicyclic) bond motifs is 2. The number of rotatable bonds is 4. The van der Waals surface area contributed by atoms with Crippen LogP contribution in [0.5, 0.6) is 0 Å². The highest BCUT2D eigenvalue weighted by molar-refractivity contribution is 6.29. The molecule has 0 saturated heterocycles. The topological polar surface area (TPSA) is 97.3 Å². The minimum Gasteiger partial charge on any atom is -0.396 e. The number of nitrogens with two attached hydrogens (primary N) is 1. The summed E-state index contributed by atoms with van der Waals surface area (Å²) in [6.07, 6.45) is 0.574. The summed E-state index contributed by atoms with van der Waals surface area (Å²) >= 11 is 0. The summed E-state index contributed by atoms with van der Waals surface area (Å²) in [5.74, 6) is -0.0942. The second-order valence-electron chi connectivity index (χ2n) is 6.41. The van der Waals surface area contributed by atoms with Gasteiger partial charge in [-0.25, -0.2) is 0 Å². The molecule has 0 radical (unpaired) electrons. The quantitative estimate of drug-likeness (QED) is 0.490. The van der Waals surface area contributed by atoms with Crippen molar-refractivity contribution in [1.82, 2.24) is 4.57 Å². The summed E-state index contributed by atoms with van der Waals surface area (Å²) in [5.41, 5.74) is 9.81. The molecule has 1 aliphatic rings. The molecule has 4 N–H and O–H groups in total. The summed E-state index contributed by atoms with van der Waals surface area (Å²) in [6, 6.07) is 10.9. The molecule has 0 fully saturated rings. The van der Waals surface area contributed by atoms with Gasteiger partial charge in [0.05, 0.1) is 11.1 Å². The fraction of sp³-hybridized carbons (Fsp3) is 0.200. The van der Waals surface area contributed by atoms with Crippen LogP contribution < -0.4 is 16.6 Å². The first kappa shape index (κ1) is 16.4. The van der Waals surface area contributed by atoms with Crippen LogP contribution in [0.4, 0.5) is 11.4 Å². The van der Waals surface area contributed by atoms with E-state index in [4.69, 9.17) is 10.8 Å². The van der Waals surface area contributed by atoms with E-state index in [2.05, 4.69) is 5.32 Å². The second-order valence-corrected chi connectivity index (χ2v) is 6.41. The maximum Gasteiger partial charge on any atom is 0.274 e. The molecule has 6 heteroatoms. The highest BCUT2D eigenvalue weighted by Crippen LogP contribution is 2.43. The zero-order valence-electron chi connectivity index (χ0n) is 14.4. The smallest absolute Gasteiger partial charge is 0.274 e. The number of anilines is 2. The number of hydrogen-bond acceptors (Lipinski definition) is 5. The van der Waals surface area contributed by atoms with Gasteiger partial charge in [0.15, 0.2) is 5.78 Å². The third-order valence-corrected chi connectivity index (χ3v) is 4.92. The molecule has 1 aromatic heterocycles. The Labute approximate surface area is 149 Å². The molecule has 132 valence electrons. The summed E-state index contributed by atoms with van der Waals surface area (Å²) in [5, 5.41) is 12.9. The molecular formula is C20H19N3O3. The third kappa shape index (κ3) is 2.16. The first-order chi connectivity index (χ1) is 12.6. The van der Waals surface area contributed by atoms with Crippen LogP contribution >= 0.6 is 0 Å². The fourth-order valence-electron chi connectivity index (χ4n) is 3.65. The number of carbonyl (C=O) groups excluding carboxylic acids is 1. The number of benzene rings is 2. The summed E-state index contributed by atoms with van der Waals surface area (Å²) in [4.78, 5) is 25.8. The van der Waals surface area contributed by atoms with Gasteiger partial charge >= 0.3 is 0 Å². The van der Waals surface area contributed by atoms with Crippen LogP contribution in [0.1, 0.15) is 22.3 Å². The molecular weight excluding hydrogens is 330 g/mol. The number of hydrogen-bond donors (Lipinski definition) is 3. The van der Waals surface area contributed by atoms with Crippen molar-refractivity contribution in [3.63, 3.8) is 0 Å². The summed E-state index contributed by atoms with van der Waals surface area (Å²) < 4.78 is 1.48. The lowest BCUT2D eigenvalue weighted by atomic mass is 9.82. The number of nitrogens with one attached hydrogen (secondary N) is 1. The third-order valence-electron chi connectivity index (χ3n) is 4.92. The number of ketones is 1. The Kier molecular flexibility index (Phi) is 3.77. The maximum absolute atomic E-state index is 13.2. The molecule has 3 aromatic rings. The van der Waals surface area contributed by atoms with Gasteiger partial charge in [-0.2, -0.15) is 0 Å². The van der Waals surface area contributed by atoms with Gasteiger partial charge in [0, 0.05) is 42.4 Å². The number of nitrogens with zero attached hydrogens (tertiary/aromatic N) is 1. The fourth-order valence-corrected chi connectivity index (χ4v) is 3.65. The number of aliphatic hydroxyl groups is 1. The van der Waals surface area contributed by atoms with Gasteiger partial charge in [0.2, 0.25) is 0 Å². The molecule has 1 heterocycles. The molecule has 6 nitrogen and oxygen atoms in total. The van der Waals surface area contributed by atoms with Crippen molar-refractivity contribution in [2.24, 2.45) is 7.05 Å². The van der Waals surface area contributed by atoms with E-state index in [0.717, 1.165) is 0 Å². The number of aromatic nitrogens is 1. The van der Waals surface area contributed by atoms with E-state index in [0.29, 0.717) is 51.8 Å². The van der Waals surface area contributed by atoms with Gasteiger partial charge in [0.25, 0.3) is 5.56 Å². The number of aryl methyl sites for hydroxylation is 1. The van der Waals surface area contributed by atoms with E-state index in [1.54, 1.807) is 25.2 Å². The zero-order valence-corrected chi connectivity index (χ0v) is 14.4. The lowest BCUT2D eigenvalue weighted by Gasteiger charge is -2.24. The van der Waals surface area contributed by atoms with E-state index in [9.17, 15) is 9.59 Å². The van der Waals surface area contributed by atoms with Crippen LogP contribution in [0.25, 0.3) is 22.0 Å². The Bertz CT molecular complexity index is 1120. The second kappa shape index (κ2) is 6.00. The van der Waals surface area contributed by atoms with Crippen LogP contribution in [0.2, 0.25) is 0 Å². The van der Waals surface area contributed by atoms with Gasteiger partial charge < -0.3 is 20.7 Å². The van der Waals surface area contributed by atoms with E-state index in [1.165, 1.54) is 4.57 Å². The molecule has 0 bridgehead atoms. The normalized spacial score (nSPS) is 12.3. The molecule has 0 atom stereocenters. The predicted molar refractivity (Wildman–Crippen MR) is 103 cm³/mol. The van der Waals surface area contributed by atoms with Crippen molar-refractivity contribution in [3.8, 4) is 11.1 Å². The number of nitrogen functional groups attached to an aromatic ring is 1. The Hall–Kier alpha value is -3.12. The monoisotopic (exact) mass is 349 g/mol. The molecule has 0 amide bonds. The Morgan fingerprint density at radius 2 is 1.81 bits per heavy atom. The average Bonchev–Trinajstić information content (AvgIpc) is 2.66. The van der Waals surface area contributed by atoms with E-state index < -0.39 is 0 Å². The van der Waals surface area contributed by atoms with Crippen molar-refractivity contribution in [3.05, 3.63) is 57.9 Å². The zero-order chi connectivity index (χ0) is 18.4. The lowest BCUT2D eigenvalue weighted by molar-refractivity contribution is 0.104. The molecule has 0 aliphatic heterocycles. The highest BCUT2D eigenvalue weighted by atomic mass is 16.3. The minimum absolute atomic E-state index is 0.0688. The van der Waals surface area contributed by atoms with Gasteiger partial charge in [0.1, 0.15) is 5.69 Å². The van der Waals surface area contributed by atoms with Crippen LogP contribution in [-0.2, 0) is 7.05 Å². The van der Waals surface area contributed by atoms with Crippen LogP contribution in [0, 0.1) is 0 Å². The summed E-state index contributed by atoms with van der Waals surface area (Å²) in [6.45, 7) is 0.611. The Balaban J connectivity index is 2.13. The van der Waals surface area contributed by atoms with Crippen molar-refractivity contribution < 1.29 is 9.90 Å². The van der Waals surface area contributed by atoms with Gasteiger partial charge in [-0.05, 0) is 24.1 Å². The number of carbonyl (C=O) groups is 1. The molecule has 1 aliphatic carbocycles. The minimum atomic E-state index is -0.274. The molecule has 26 heavy (non-hydrogen) atoms. The first-order valence-electron chi connectivity index (χ1n) is 8.50. The molecule has 0 unspecified atom stereocenters. The van der Waals surface area contributed by atoms with E-state index in [1.807, 2.05) is 18.2 Å². The Morgan fingerprint density at radius 3 is 2.54 bits per heavy atom. The van der Waals surface area contributed by atoms with E-state index in [-0.39, 0.29) is 23.6 Å². The predicted octanol–water partition coefficient (Wildman–Crippen LogP) is 2.13. The van der Waals surface area contributed by atoms with Gasteiger partial charge in [-0.15, -0.1) is 0 Å². The van der Waals surface area contributed by atoms with Crippen molar-refractivity contribution >= 4 is 28.1 Å². The van der Waals surface area contributed by atoms with Gasteiger partial charge in [-0.1, -0.05) is 24.3 Å². The standard InChI is InChI=1S/C20H19N3O3/c1-23-14-8-7-13(22-9-4-10-24)16-17(14)15(18(21)20(23)26)11-5-2-3-6-12(11)19(16)25/h2-3,5-8,22,24H,4,9-10,21H2,1H3. The lowest BCUT2D eigenvalue weighted by Crippen LogP contribution is -2.25. The molecule has 2 aromatic carbocycles. The van der Waals surface area contributed by atoms with Gasteiger partial charge in [-0.3, -0.25) is 9.59 Å². The highest BCUT2D eigenvalue weighted by Gasteiger charge is 2.30. The molecule has 0 saturated carbocycles. The SMILES string of the molecule is Cn1c(=O)c(N)c2c3c(c(NCCCO)ccc31)C(=O)c1ccccc1-2. The Morgan fingerprint density at radius 1 is 1.08 bits per heavy atom. The number of pyridine rings is 1.